The number of urea groups is 1. The summed E-state index contributed by atoms with van der Waals surface area (Å²) in [4.78, 5) is 27.9. The molecule has 0 unspecified atom stereocenters. The Morgan fingerprint density at radius 2 is 2.25 bits per heavy atom. The van der Waals surface area contributed by atoms with Gasteiger partial charge >= 0.3 is 12.0 Å². The maximum Gasteiger partial charge on any atom is 0.341 e. The van der Waals surface area contributed by atoms with E-state index in [1.807, 2.05) is 13.8 Å². The molecule has 0 spiro atoms. The number of hydrogen-bond acceptors (Lipinski definition) is 4. The number of hydroxylamine groups is 1. The molecule has 2 N–H and O–H groups in total. The largest absolute Gasteiger partial charge is 0.479 e. The Morgan fingerprint density at radius 3 is 2.81 bits per heavy atom. The second kappa shape index (κ2) is 5.13. The molecule has 0 aromatic carbocycles. The lowest BCUT2D eigenvalue weighted by Gasteiger charge is -2.41. The smallest absolute Gasteiger partial charge is 0.341 e. The minimum absolute atomic E-state index is 0.422. The van der Waals surface area contributed by atoms with E-state index >= 15 is 0 Å². The lowest BCUT2D eigenvalue weighted by molar-refractivity contribution is -0.144. The van der Waals surface area contributed by atoms with Gasteiger partial charge in [0.25, 0.3) is 0 Å². The number of nitrogens with one attached hydrogen (secondary N) is 1. The number of ether oxygens (including phenoxy) is 1. The zero-order valence-electron chi connectivity index (χ0n) is 9.36. The van der Waals surface area contributed by atoms with Gasteiger partial charge in [-0.1, -0.05) is 0 Å². The lowest BCUT2D eigenvalue weighted by Crippen LogP contribution is -2.58. The predicted molar refractivity (Wildman–Crippen MR) is 53.7 cm³/mol. The summed E-state index contributed by atoms with van der Waals surface area (Å²) in [6.07, 6.45) is 0. The second-order valence-corrected chi connectivity index (χ2v) is 4.11. The highest BCUT2D eigenvalue weighted by molar-refractivity contribution is 5.74. The summed E-state index contributed by atoms with van der Waals surface area (Å²) in [6, 6.07) is -0.449. The fourth-order valence-electron chi connectivity index (χ4n) is 1.45. The van der Waals surface area contributed by atoms with Crippen LogP contribution in [-0.2, 0) is 14.4 Å². The molecule has 92 valence electrons. The van der Waals surface area contributed by atoms with Crippen LogP contribution in [0.15, 0.2) is 0 Å². The van der Waals surface area contributed by atoms with E-state index in [4.69, 9.17) is 9.84 Å². The third-order valence-electron chi connectivity index (χ3n) is 2.25. The minimum atomic E-state index is -1.14. The quantitative estimate of drug-likeness (QED) is 0.659. The third kappa shape index (κ3) is 3.35. The first-order valence-corrected chi connectivity index (χ1v) is 4.92. The standard InChI is InChI=1S/C9H16N2O5/c1-9(2)6-15-4-3-11(9)8(14)10-16-5-7(12)13/h3-6H2,1-2H3,(H,10,14)(H,12,13). The molecule has 2 amide bonds. The zero-order valence-corrected chi connectivity index (χ0v) is 9.36. The molecule has 7 heteroatoms. The fraction of sp³-hybridized carbons (Fsp3) is 0.778. The molecule has 1 rings (SSSR count). The van der Waals surface area contributed by atoms with Crippen LogP contribution < -0.4 is 5.48 Å². The van der Waals surface area contributed by atoms with Gasteiger partial charge in [-0.2, -0.15) is 0 Å². The molecule has 16 heavy (non-hydrogen) atoms. The summed E-state index contributed by atoms with van der Waals surface area (Å²) in [5, 5.41) is 8.33. The molecule has 0 aromatic heterocycles. The summed E-state index contributed by atoms with van der Waals surface area (Å²) in [6.45, 7) is 4.53. The Bertz CT molecular complexity index is 279. The highest BCUT2D eigenvalue weighted by atomic mass is 16.7. The average molecular weight is 232 g/mol. The number of aliphatic carboxylic acids is 1. The van der Waals surface area contributed by atoms with E-state index in [-0.39, 0.29) is 0 Å². The summed E-state index contributed by atoms with van der Waals surface area (Å²) < 4.78 is 5.25. The van der Waals surface area contributed by atoms with Crippen LogP contribution in [0, 0.1) is 0 Å². The van der Waals surface area contributed by atoms with Crippen LogP contribution in [0.25, 0.3) is 0 Å². The van der Waals surface area contributed by atoms with Crippen LogP contribution >= 0.6 is 0 Å². The van der Waals surface area contributed by atoms with E-state index in [2.05, 4.69) is 10.3 Å². The molecule has 0 aliphatic carbocycles. The van der Waals surface area contributed by atoms with Crippen molar-refractivity contribution in [1.82, 2.24) is 10.4 Å². The summed E-state index contributed by atoms with van der Waals surface area (Å²) in [5.74, 6) is -1.14. The molecule has 1 aliphatic heterocycles. The van der Waals surface area contributed by atoms with Gasteiger partial charge in [0, 0.05) is 6.54 Å². The number of carbonyl (C=O) groups excluding carboxylic acids is 1. The summed E-state index contributed by atoms with van der Waals surface area (Å²) in [7, 11) is 0. The average Bonchev–Trinajstić information content (AvgIpc) is 2.16. The normalized spacial score (nSPS) is 19.2. The summed E-state index contributed by atoms with van der Waals surface area (Å²) >= 11 is 0. The molecule has 1 heterocycles. The molecule has 1 saturated heterocycles. The molecule has 0 bridgehead atoms. The van der Waals surface area contributed by atoms with E-state index in [1.54, 1.807) is 4.90 Å². The Balaban J connectivity index is 2.42. The number of carboxylic acid groups (broad SMARTS) is 1. The molecule has 1 aliphatic rings. The predicted octanol–water partition coefficient (Wildman–Crippen LogP) is -0.177. The van der Waals surface area contributed by atoms with Gasteiger partial charge in [0.05, 0.1) is 18.8 Å². The van der Waals surface area contributed by atoms with Crippen LogP contribution in [0.2, 0.25) is 0 Å². The minimum Gasteiger partial charge on any atom is -0.479 e. The van der Waals surface area contributed by atoms with Crippen molar-refractivity contribution in [2.24, 2.45) is 0 Å². The Kier molecular flexibility index (Phi) is 4.08. The van der Waals surface area contributed by atoms with Crippen molar-refractivity contribution in [3.63, 3.8) is 0 Å². The monoisotopic (exact) mass is 232 g/mol. The highest BCUT2D eigenvalue weighted by Gasteiger charge is 2.34. The van der Waals surface area contributed by atoms with Gasteiger partial charge in [0.2, 0.25) is 0 Å². The number of hydrogen-bond donors (Lipinski definition) is 2. The van der Waals surface area contributed by atoms with E-state index in [9.17, 15) is 9.59 Å². The first-order chi connectivity index (χ1) is 7.43. The number of morpholine rings is 1. The Hall–Kier alpha value is -1.34. The van der Waals surface area contributed by atoms with Crippen molar-refractivity contribution in [2.75, 3.05) is 26.4 Å². The van der Waals surface area contributed by atoms with Gasteiger partial charge < -0.3 is 14.7 Å². The van der Waals surface area contributed by atoms with E-state index in [0.717, 1.165) is 0 Å². The SMILES string of the molecule is CC1(C)COCCN1C(=O)NOCC(=O)O. The topological polar surface area (TPSA) is 88.1 Å². The number of carboxylic acids is 1. The maximum atomic E-state index is 11.6. The van der Waals surface area contributed by atoms with Crippen LogP contribution in [0.5, 0.6) is 0 Å². The molecule has 1 fully saturated rings. The number of amides is 2. The first-order valence-electron chi connectivity index (χ1n) is 4.92. The van der Waals surface area contributed by atoms with Crippen LogP contribution in [0.1, 0.15) is 13.8 Å². The van der Waals surface area contributed by atoms with Gasteiger partial charge in [-0.25, -0.2) is 15.1 Å². The highest BCUT2D eigenvalue weighted by Crippen LogP contribution is 2.18. The number of rotatable bonds is 3. The van der Waals surface area contributed by atoms with E-state index in [0.29, 0.717) is 19.8 Å². The van der Waals surface area contributed by atoms with Crippen molar-refractivity contribution in [1.29, 1.82) is 0 Å². The molecular weight excluding hydrogens is 216 g/mol. The van der Waals surface area contributed by atoms with Crippen molar-refractivity contribution in [3.8, 4) is 0 Å². The molecule has 0 aromatic rings. The third-order valence-corrected chi connectivity index (χ3v) is 2.25. The van der Waals surface area contributed by atoms with Gasteiger partial charge in [-0.15, -0.1) is 0 Å². The van der Waals surface area contributed by atoms with Crippen molar-refractivity contribution >= 4 is 12.0 Å². The van der Waals surface area contributed by atoms with Crippen LogP contribution in [-0.4, -0.2) is 53.9 Å². The lowest BCUT2D eigenvalue weighted by atomic mass is 10.0. The zero-order chi connectivity index (χ0) is 12.2. The molecule has 0 atom stereocenters. The van der Waals surface area contributed by atoms with Crippen LogP contribution in [0.3, 0.4) is 0 Å². The summed E-state index contributed by atoms with van der Waals surface area (Å²) in [5.41, 5.74) is 1.67. The fourth-order valence-corrected chi connectivity index (χ4v) is 1.45. The maximum absolute atomic E-state index is 11.6. The molecule has 7 nitrogen and oxygen atoms in total. The van der Waals surface area contributed by atoms with Crippen molar-refractivity contribution in [3.05, 3.63) is 0 Å². The second-order valence-electron chi connectivity index (χ2n) is 4.11. The van der Waals surface area contributed by atoms with Crippen molar-refractivity contribution in [2.45, 2.75) is 19.4 Å². The number of nitrogens with zero attached hydrogens (tertiary/aromatic N) is 1. The van der Waals surface area contributed by atoms with E-state index < -0.39 is 24.1 Å². The van der Waals surface area contributed by atoms with Gasteiger partial charge in [-0.3, -0.25) is 4.84 Å². The number of carbonyl (C=O) groups is 2. The first kappa shape index (κ1) is 12.7. The van der Waals surface area contributed by atoms with Crippen molar-refractivity contribution < 1.29 is 24.3 Å². The van der Waals surface area contributed by atoms with Gasteiger partial charge in [0.1, 0.15) is 0 Å². The van der Waals surface area contributed by atoms with Gasteiger partial charge in [0.15, 0.2) is 6.61 Å². The molecular formula is C9H16N2O5. The molecule has 0 saturated carbocycles. The van der Waals surface area contributed by atoms with Crippen LogP contribution in [0.4, 0.5) is 4.79 Å². The van der Waals surface area contributed by atoms with E-state index in [1.165, 1.54) is 0 Å². The molecule has 0 radical (unpaired) electrons. The Labute approximate surface area is 93.3 Å². The Morgan fingerprint density at radius 1 is 1.56 bits per heavy atom. The van der Waals surface area contributed by atoms with Gasteiger partial charge in [-0.05, 0) is 13.8 Å².